The minimum Gasteiger partial charge on any atom is -0.454 e. The molecule has 0 bridgehead atoms. The lowest BCUT2D eigenvalue weighted by atomic mass is 10.1. The van der Waals surface area contributed by atoms with Gasteiger partial charge in [0, 0.05) is 18.1 Å². The third-order valence-corrected chi connectivity index (χ3v) is 3.28. The van der Waals surface area contributed by atoms with Crippen LogP contribution in [-0.4, -0.2) is 24.9 Å². The highest BCUT2D eigenvalue weighted by molar-refractivity contribution is 5.94. The maximum absolute atomic E-state index is 5.63. The van der Waals surface area contributed by atoms with Gasteiger partial charge in [0.15, 0.2) is 11.5 Å². The summed E-state index contributed by atoms with van der Waals surface area (Å²) in [6, 6.07) is 5.92. The average Bonchev–Trinajstić information content (AvgIpc) is 2.89. The van der Waals surface area contributed by atoms with Gasteiger partial charge in [-0.05, 0) is 36.0 Å². The summed E-state index contributed by atoms with van der Waals surface area (Å²) in [6.07, 6.45) is 1.79. The zero-order valence-electron chi connectivity index (χ0n) is 10.8. The number of rotatable bonds is 4. The van der Waals surface area contributed by atoms with Gasteiger partial charge in [-0.3, -0.25) is 0 Å². The molecule has 5 heteroatoms. The van der Waals surface area contributed by atoms with E-state index in [1.54, 1.807) is 6.20 Å². The van der Waals surface area contributed by atoms with Crippen LogP contribution in [0.25, 0.3) is 10.8 Å². The number of nitrogens with one attached hydrogen (secondary N) is 1. The first-order valence-corrected chi connectivity index (χ1v) is 6.40. The van der Waals surface area contributed by atoms with E-state index >= 15 is 0 Å². The molecule has 3 N–H and O–H groups in total. The summed E-state index contributed by atoms with van der Waals surface area (Å²) in [5.41, 5.74) is 5.63. The van der Waals surface area contributed by atoms with Gasteiger partial charge in [-0.1, -0.05) is 6.92 Å². The Hall–Kier alpha value is -2.01. The molecule has 0 aliphatic carbocycles. The van der Waals surface area contributed by atoms with Crippen LogP contribution in [-0.2, 0) is 0 Å². The lowest BCUT2D eigenvalue weighted by Crippen LogP contribution is -2.20. The van der Waals surface area contributed by atoms with Crippen molar-refractivity contribution in [3.63, 3.8) is 0 Å². The van der Waals surface area contributed by atoms with E-state index in [1.807, 2.05) is 18.2 Å². The normalized spacial score (nSPS) is 14.6. The van der Waals surface area contributed by atoms with Crippen molar-refractivity contribution in [2.75, 3.05) is 25.2 Å². The van der Waals surface area contributed by atoms with Crippen molar-refractivity contribution in [3.05, 3.63) is 24.4 Å². The number of benzene rings is 1. The fourth-order valence-corrected chi connectivity index (χ4v) is 2.06. The Morgan fingerprint density at radius 2 is 2.16 bits per heavy atom. The monoisotopic (exact) mass is 259 g/mol. The highest BCUT2D eigenvalue weighted by Crippen LogP contribution is 2.37. The van der Waals surface area contributed by atoms with E-state index in [4.69, 9.17) is 15.2 Å². The molecule has 5 nitrogen and oxygen atoms in total. The third kappa shape index (κ3) is 2.29. The van der Waals surface area contributed by atoms with Crippen molar-refractivity contribution in [1.29, 1.82) is 0 Å². The zero-order chi connectivity index (χ0) is 13.2. The molecule has 1 aromatic heterocycles. The Morgan fingerprint density at radius 1 is 1.37 bits per heavy atom. The molecule has 19 heavy (non-hydrogen) atoms. The van der Waals surface area contributed by atoms with Gasteiger partial charge in [-0.2, -0.15) is 0 Å². The van der Waals surface area contributed by atoms with Gasteiger partial charge >= 0.3 is 0 Å². The van der Waals surface area contributed by atoms with Gasteiger partial charge in [-0.25, -0.2) is 4.98 Å². The van der Waals surface area contributed by atoms with Crippen LogP contribution in [0, 0.1) is 5.92 Å². The van der Waals surface area contributed by atoms with E-state index in [1.165, 1.54) is 0 Å². The van der Waals surface area contributed by atoms with Gasteiger partial charge in [0.2, 0.25) is 6.79 Å². The molecule has 100 valence electrons. The van der Waals surface area contributed by atoms with Crippen molar-refractivity contribution in [1.82, 2.24) is 4.98 Å². The molecule has 1 unspecified atom stereocenters. The van der Waals surface area contributed by atoms with Gasteiger partial charge in [0.1, 0.15) is 5.82 Å². The molecule has 1 aromatic carbocycles. The van der Waals surface area contributed by atoms with Gasteiger partial charge in [-0.15, -0.1) is 0 Å². The van der Waals surface area contributed by atoms with E-state index in [0.29, 0.717) is 12.5 Å². The molecule has 0 radical (unpaired) electrons. The molecule has 1 aliphatic heterocycles. The Balaban J connectivity index is 1.96. The second kappa shape index (κ2) is 4.93. The highest BCUT2D eigenvalue weighted by atomic mass is 16.7. The summed E-state index contributed by atoms with van der Waals surface area (Å²) < 4.78 is 10.8. The maximum Gasteiger partial charge on any atom is 0.231 e. The summed E-state index contributed by atoms with van der Waals surface area (Å²) in [7, 11) is 0. The predicted molar refractivity (Wildman–Crippen MR) is 74.6 cm³/mol. The summed E-state index contributed by atoms with van der Waals surface area (Å²) in [4.78, 5) is 4.39. The first-order valence-electron chi connectivity index (χ1n) is 6.40. The number of anilines is 1. The zero-order valence-corrected chi connectivity index (χ0v) is 10.8. The van der Waals surface area contributed by atoms with Crippen LogP contribution in [0.3, 0.4) is 0 Å². The van der Waals surface area contributed by atoms with E-state index in [2.05, 4.69) is 17.2 Å². The number of fused-ring (bicyclic) bond motifs is 2. The molecule has 0 saturated heterocycles. The lowest BCUT2D eigenvalue weighted by molar-refractivity contribution is 0.174. The number of nitrogens with two attached hydrogens (primary N) is 1. The van der Waals surface area contributed by atoms with E-state index in [9.17, 15) is 0 Å². The molecule has 0 amide bonds. The second-order valence-electron chi connectivity index (χ2n) is 4.81. The largest absolute Gasteiger partial charge is 0.454 e. The quantitative estimate of drug-likeness (QED) is 0.878. The fraction of sp³-hybridized carbons (Fsp3) is 0.357. The molecule has 1 atom stereocenters. The number of ether oxygens (including phenoxy) is 2. The molecule has 0 spiro atoms. The molecular weight excluding hydrogens is 242 g/mol. The summed E-state index contributed by atoms with van der Waals surface area (Å²) in [5.74, 6) is 2.83. The van der Waals surface area contributed by atoms with Crippen molar-refractivity contribution in [2.24, 2.45) is 11.7 Å². The van der Waals surface area contributed by atoms with Gasteiger partial charge < -0.3 is 20.5 Å². The van der Waals surface area contributed by atoms with Crippen LogP contribution in [0.5, 0.6) is 11.5 Å². The van der Waals surface area contributed by atoms with Crippen LogP contribution in [0.2, 0.25) is 0 Å². The molecule has 3 rings (SSSR count). The number of hydrogen-bond donors (Lipinski definition) is 2. The summed E-state index contributed by atoms with van der Waals surface area (Å²) >= 11 is 0. The smallest absolute Gasteiger partial charge is 0.231 e. The Morgan fingerprint density at radius 3 is 2.95 bits per heavy atom. The predicted octanol–water partition coefficient (Wildman–Crippen LogP) is 1.97. The minimum absolute atomic E-state index is 0.284. The first-order chi connectivity index (χ1) is 9.28. The highest BCUT2D eigenvalue weighted by Gasteiger charge is 2.15. The molecule has 1 aliphatic rings. The van der Waals surface area contributed by atoms with Crippen molar-refractivity contribution < 1.29 is 9.47 Å². The summed E-state index contributed by atoms with van der Waals surface area (Å²) in [5, 5.41) is 5.47. The molecule has 2 aromatic rings. The van der Waals surface area contributed by atoms with Crippen molar-refractivity contribution in [2.45, 2.75) is 6.92 Å². The minimum atomic E-state index is 0.284. The maximum atomic E-state index is 5.63. The van der Waals surface area contributed by atoms with E-state index in [-0.39, 0.29) is 6.79 Å². The molecular formula is C14H17N3O2. The number of nitrogens with zero attached hydrogens (tertiary/aromatic N) is 1. The first kappa shape index (κ1) is 12.0. The topological polar surface area (TPSA) is 69.4 Å². The molecule has 2 heterocycles. The van der Waals surface area contributed by atoms with Gasteiger partial charge in [0.25, 0.3) is 0 Å². The van der Waals surface area contributed by atoms with Crippen LogP contribution in [0.1, 0.15) is 6.92 Å². The third-order valence-electron chi connectivity index (χ3n) is 3.28. The van der Waals surface area contributed by atoms with E-state index in [0.717, 1.165) is 34.6 Å². The van der Waals surface area contributed by atoms with E-state index < -0.39 is 0 Å². The second-order valence-corrected chi connectivity index (χ2v) is 4.81. The van der Waals surface area contributed by atoms with Crippen LogP contribution in [0.15, 0.2) is 24.4 Å². The van der Waals surface area contributed by atoms with Crippen LogP contribution < -0.4 is 20.5 Å². The number of aromatic nitrogens is 1. The van der Waals surface area contributed by atoms with Gasteiger partial charge in [0.05, 0.1) is 0 Å². The summed E-state index contributed by atoms with van der Waals surface area (Å²) in [6.45, 7) is 3.85. The van der Waals surface area contributed by atoms with Crippen molar-refractivity contribution in [3.8, 4) is 11.5 Å². The molecule has 0 saturated carbocycles. The Bertz CT molecular complexity index is 601. The average molecular weight is 259 g/mol. The SMILES string of the molecule is CC(CN)CNc1nccc2cc3c(cc12)OCO3. The fourth-order valence-electron chi connectivity index (χ4n) is 2.06. The van der Waals surface area contributed by atoms with Crippen LogP contribution in [0.4, 0.5) is 5.82 Å². The Labute approximate surface area is 111 Å². The Kier molecular flexibility index (Phi) is 3.13. The lowest BCUT2D eigenvalue weighted by Gasteiger charge is -2.12. The standard InChI is InChI=1S/C14H17N3O2/c1-9(6-15)7-17-14-11-5-13-12(18-8-19-13)4-10(11)2-3-16-14/h2-5,9H,6-8,15H2,1H3,(H,16,17). The number of pyridine rings is 1. The van der Waals surface area contributed by atoms with Crippen molar-refractivity contribution >= 4 is 16.6 Å². The number of hydrogen-bond acceptors (Lipinski definition) is 5. The molecule has 0 fully saturated rings. The van der Waals surface area contributed by atoms with Crippen LogP contribution >= 0.6 is 0 Å².